The van der Waals surface area contributed by atoms with E-state index in [-0.39, 0.29) is 36.1 Å². The molecular formula is C18H20N2O6S. The molecule has 0 aliphatic carbocycles. The maximum absolute atomic E-state index is 12.5. The van der Waals surface area contributed by atoms with Crippen LogP contribution in [0.2, 0.25) is 0 Å². The zero-order chi connectivity index (χ0) is 19.6. The Labute approximate surface area is 160 Å². The number of carbonyl (C=O) groups excluding carboxylic acids is 3. The number of β-lactam (4-membered cyclic amide) rings is 1. The van der Waals surface area contributed by atoms with Crippen LogP contribution in [0.4, 0.5) is 0 Å². The van der Waals surface area contributed by atoms with E-state index in [1.807, 2.05) is 0 Å². The van der Waals surface area contributed by atoms with Gasteiger partial charge in [0.05, 0.1) is 12.9 Å². The lowest BCUT2D eigenvalue weighted by Crippen LogP contribution is -2.70. The number of esters is 1. The van der Waals surface area contributed by atoms with Gasteiger partial charge in [0, 0.05) is 6.42 Å². The third-order valence-corrected chi connectivity index (χ3v) is 5.57. The van der Waals surface area contributed by atoms with Crippen molar-refractivity contribution in [3.63, 3.8) is 0 Å². The lowest BCUT2D eigenvalue weighted by Gasteiger charge is -2.48. The van der Waals surface area contributed by atoms with Crippen molar-refractivity contribution in [2.24, 2.45) is 0 Å². The molecule has 2 aliphatic heterocycles. The quantitative estimate of drug-likeness (QED) is 0.556. The van der Waals surface area contributed by atoms with Gasteiger partial charge in [-0.2, -0.15) is 0 Å². The monoisotopic (exact) mass is 392 g/mol. The summed E-state index contributed by atoms with van der Waals surface area (Å²) in [7, 11) is 1.56. The highest BCUT2D eigenvalue weighted by atomic mass is 32.2. The minimum absolute atomic E-state index is 0.00452. The molecular weight excluding hydrogens is 372 g/mol. The molecule has 8 nitrogen and oxygen atoms in total. The summed E-state index contributed by atoms with van der Waals surface area (Å²) in [5.74, 6) is -0.802. The molecule has 0 bridgehead atoms. The summed E-state index contributed by atoms with van der Waals surface area (Å²) in [6, 6.07) is 6.30. The van der Waals surface area contributed by atoms with Crippen LogP contribution in [0, 0.1) is 0 Å². The van der Waals surface area contributed by atoms with Crippen molar-refractivity contribution >= 4 is 29.5 Å². The number of methoxy groups -OCH3 is 1. The minimum atomic E-state index is -0.776. The molecule has 3 rings (SSSR count). The average molecular weight is 392 g/mol. The largest absolute Gasteiger partial charge is 0.509 e. The molecule has 0 aromatic heterocycles. The third-order valence-electron chi connectivity index (χ3n) is 4.31. The van der Waals surface area contributed by atoms with E-state index < -0.39 is 23.3 Å². The van der Waals surface area contributed by atoms with E-state index in [1.54, 1.807) is 38.3 Å². The number of aliphatic hydroxyl groups excluding tert-OH is 1. The number of hydrogen-bond donors (Lipinski definition) is 2. The number of nitrogens with zero attached hydrogens (tertiary/aromatic N) is 1. The van der Waals surface area contributed by atoms with Crippen LogP contribution in [-0.4, -0.2) is 52.1 Å². The fourth-order valence-electron chi connectivity index (χ4n) is 2.81. The normalized spacial score (nSPS) is 21.3. The highest BCUT2D eigenvalue weighted by molar-refractivity contribution is 8.00. The van der Waals surface area contributed by atoms with Gasteiger partial charge in [0.25, 0.3) is 5.91 Å². The first-order chi connectivity index (χ1) is 13.0. The molecule has 0 saturated carbocycles. The number of nitrogens with one attached hydrogen (secondary N) is 1. The van der Waals surface area contributed by atoms with Gasteiger partial charge in [0.15, 0.2) is 5.70 Å². The second kappa shape index (κ2) is 7.91. The number of thioether (sulfide) groups is 1. The molecule has 9 heteroatoms. The van der Waals surface area contributed by atoms with Crippen LogP contribution in [0.5, 0.6) is 5.75 Å². The number of aliphatic hydroxyl groups is 1. The number of rotatable bonds is 6. The van der Waals surface area contributed by atoms with E-state index in [0.29, 0.717) is 5.75 Å². The number of benzene rings is 1. The summed E-state index contributed by atoms with van der Waals surface area (Å²) >= 11 is 1.29. The third kappa shape index (κ3) is 3.73. The van der Waals surface area contributed by atoms with Gasteiger partial charge in [0.2, 0.25) is 5.91 Å². The van der Waals surface area contributed by atoms with Gasteiger partial charge >= 0.3 is 5.97 Å². The fraction of sp³-hybridized carbons (Fsp3) is 0.389. The number of carbonyl (C=O) groups is 3. The van der Waals surface area contributed by atoms with Crippen molar-refractivity contribution in [3.8, 4) is 5.75 Å². The smallest absolute Gasteiger partial charge is 0.358 e. The Balaban J connectivity index is 1.66. The van der Waals surface area contributed by atoms with Crippen molar-refractivity contribution in [2.75, 3.05) is 12.9 Å². The van der Waals surface area contributed by atoms with E-state index in [2.05, 4.69) is 5.32 Å². The van der Waals surface area contributed by atoms with E-state index in [4.69, 9.17) is 9.47 Å². The lowest BCUT2D eigenvalue weighted by molar-refractivity contribution is -0.153. The van der Waals surface area contributed by atoms with Crippen LogP contribution in [0.1, 0.15) is 18.9 Å². The zero-order valence-corrected chi connectivity index (χ0v) is 15.7. The van der Waals surface area contributed by atoms with Crippen LogP contribution < -0.4 is 10.1 Å². The number of amides is 2. The molecule has 2 heterocycles. The van der Waals surface area contributed by atoms with Crippen LogP contribution >= 0.6 is 11.8 Å². The predicted molar refractivity (Wildman–Crippen MR) is 97.8 cm³/mol. The Morgan fingerprint density at radius 3 is 2.67 bits per heavy atom. The Hall–Kier alpha value is -2.68. The first-order valence-corrected chi connectivity index (χ1v) is 9.47. The highest BCUT2D eigenvalue weighted by Crippen LogP contribution is 2.40. The van der Waals surface area contributed by atoms with Crippen molar-refractivity contribution in [3.05, 3.63) is 41.3 Å². The van der Waals surface area contributed by atoms with Gasteiger partial charge in [-0.25, -0.2) is 4.79 Å². The molecule has 1 unspecified atom stereocenters. The first-order valence-electron chi connectivity index (χ1n) is 8.42. The maximum atomic E-state index is 12.5. The Bertz CT molecular complexity index is 792. The summed E-state index contributed by atoms with van der Waals surface area (Å²) in [4.78, 5) is 37.6. The first kappa shape index (κ1) is 19.1. The van der Waals surface area contributed by atoms with Crippen molar-refractivity contribution < 1.29 is 29.0 Å². The highest BCUT2D eigenvalue weighted by Gasteiger charge is 2.54. The summed E-state index contributed by atoms with van der Waals surface area (Å²) in [6.45, 7) is 1.69. The molecule has 27 heavy (non-hydrogen) atoms. The van der Waals surface area contributed by atoms with Crippen LogP contribution in [0.25, 0.3) is 0 Å². The van der Waals surface area contributed by atoms with Crippen molar-refractivity contribution in [1.29, 1.82) is 0 Å². The Kier molecular flexibility index (Phi) is 5.59. The summed E-state index contributed by atoms with van der Waals surface area (Å²) in [5.41, 5.74) is 0.591. The van der Waals surface area contributed by atoms with Crippen LogP contribution in [0.3, 0.4) is 0 Å². The number of hydrogen-bond acceptors (Lipinski definition) is 7. The molecule has 2 aliphatic rings. The van der Waals surface area contributed by atoms with Crippen LogP contribution in [-0.2, 0) is 25.7 Å². The van der Waals surface area contributed by atoms with Gasteiger partial charge in [-0.15, -0.1) is 11.8 Å². The fourth-order valence-corrected chi connectivity index (χ4v) is 4.01. The van der Waals surface area contributed by atoms with E-state index in [1.165, 1.54) is 16.7 Å². The Morgan fingerprint density at radius 1 is 1.33 bits per heavy atom. The second-order valence-corrected chi connectivity index (χ2v) is 7.13. The summed E-state index contributed by atoms with van der Waals surface area (Å²) < 4.78 is 10.3. The van der Waals surface area contributed by atoms with Crippen molar-refractivity contribution in [1.82, 2.24) is 10.2 Å². The molecule has 1 saturated heterocycles. The standard InChI is InChI=1S/C18H20N2O6S/c1-3-13(22)19-14-16(23)20-15(12(21)9-27-17(14)20)18(24)26-8-10-4-6-11(25-2)7-5-10/h4-7,14,17,21H,3,8-9H2,1-2H3,(H,19,22)/t14?,17-/m0/s1. The number of fused-ring (bicyclic) bond motifs is 1. The topological polar surface area (TPSA) is 105 Å². The minimum Gasteiger partial charge on any atom is -0.509 e. The van der Waals surface area contributed by atoms with Gasteiger partial charge in [-0.1, -0.05) is 19.1 Å². The van der Waals surface area contributed by atoms with Crippen LogP contribution in [0.15, 0.2) is 35.7 Å². The molecule has 1 aromatic carbocycles. The lowest BCUT2D eigenvalue weighted by atomic mass is 10.0. The summed E-state index contributed by atoms with van der Waals surface area (Å²) in [6.07, 6.45) is 0.263. The Morgan fingerprint density at radius 2 is 2.04 bits per heavy atom. The van der Waals surface area contributed by atoms with E-state index in [0.717, 1.165) is 5.56 Å². The maximum Gasteiger partial charge on any atom is 0.358 e. The molecule has 2 N–H and O–H groups in total. The van der Waals surface area contributed by atoms with E-state index in [9.17, 15) is 19.5 Å². The number of ether oxygens (including phenoxy) is 2. The molecule has 1 fully saturated rings. The van der Waals surface area contributed by atoms with E-state index >= 15 is 0 Å². The molecule has 0 radical (unpaired) electrons. The molecule has 2 atom stereocenters. The molecule has 1 aromatic rings. The van der Waals surface area contributed by atoms with Crippen molar-refractivity contribution in [2.45, 2.75) is 31.4 Å². The van der Waals surface area contributed by atoms with Gasteiger partial charge < -0.3 is 19.9 Å². The average Bonchev–Trinajstić information content (AvgIpc) is 2.70. The predicted octanol–water partition coefficient (Wildman–Crippen LogP) is 1.32. The zero-order valence-electron chi connectivity index (χ0n) is 14.9. The molecule has 2 amide bonds. The SMILES string of the molecule is CCC(=O)NC1C(=O)N2C(C(=O)OCc3ccc(OC)cc3)=C(O)CS[C@@H]12. The molecule has 0 spiro atoms. The van der Waals surface area contributed by atoms with Gasteiger partial charge in [-0.3, -0.25) is 14.5 Å². The molecule has 144 valence electrons. The summed E-state index contributed by atoms with van der Waals surface area (Å²) in [5, 5.41) is 12.3. The van der Waals surface area contributed by atoms with Gasteiger partial charge in [-0.05, 0) is 17.7 Å². The van der Waals surface area contributed by atoms with Gasteiger partial charge in [0.1, 0.15) is 29.5 Å². The second-order valence-electron chi connectivity index (χ2n) is 6.03.